The average Bonchev–Trinajstić information content (AvgIpc) is 3.13. The third kappa shape index (κ3) is 2.58. The highest BCUT2D eigenvalue weighted by Gasteiger charge is 2.36. The highest BCUT2D eigenvalue weighted by Crippen LogP contribution is 2.24. The lowest BCUT2D eigenvalue weighted by Gasteiger charge is -2.11. The number of urea groups is 1. The molecule has 1 unspecified atom stereocenters. The van der Waals surface area contributed by atoms with Crippen molar-refractivity contribution in [1.29, 1.82) is 0 Å². The fourth-order valence-electron chi connectivity index (χ4n) is 2.20. The van der Waals surface area contributed by atoms with E-state index in [1.165, 1.54) is 18.4 Å². The monoisotopic (exact) mass is 315 g/mol. The number of carbonyl (C=O) groups excluding carboxylic acids is 3. The van der Waals surface area contributed by atoms with Gasteiger partial charge in [-0.05, 0) is 29.1 Å². The molecule has 6 nitrogen and oxygen atoms in total. The zero-order chi connectivity index (χ0) is 15.7. The lowest BCUT2D eigenvalue weighted by Crippen LogP contribution is -2.25. The molecule has 1 aliphatic rings. The maximum absolute atomic E-state index is 12.0. The van der Waals surface area contributed by atoms with Crippen molar-refractivity contribution in [3.63, 3.8) is 0 Å². The van der Waals surface area contributed by atoms with Crippen molar-refractivity contribution in [1.82, 2.24) is 10.2 Å². The summed E-state index contributed by atoms with van der Waals surface area (Å²) in [5.74, 6) is -0.516. The predicted molar refractivity (Wildman–Crippen MR) is 82.8 cm³/mol. The molecule has 2 aromatic rings. The van der Waals surface area contributed by atoms with Gasteiger partial charge in [-0.25, -0.2) is 4.79 Å². The Balaban J connectivity index is 1.80. The van der Waals surface area contributed by atoms with Crippen molar-refractivity contribution in [3.8, 4) is 0 Å². The molecule has 7 heteroatoms. The Bertz CT molecular complexity index is 742. The number of hydrogen-bond donors (Lipinski definition) is 2. The Morgan fingerprint density at radius 2 is 2.09 bits per heavy atom. The van der Waals surface area contributed by atoms with Gasteiger partial charge in [0.1, 0.15) is 6.04 Å². The third-order valence-corrected chi connectivity index (χ3v) is 4.24. The van der Waals surface area contributed by atoms with Crippen LogP contribution in [0.4, 0.5) is 10.5 Å². The SMILES string of the molecule is CN1C(=O)NC(c2cccc(NC(=O)c3cccs3)c2)C1=O. The second kappa shape index (κ2) is 5.61. The molecule has 1 atom stereocenters. The summed E-state index contributed by atoms with van der Waals surface area (Å²) < 4.78 is 0. The molecule has 22 heavy (non-hydrogen) atoms. The van der Waals surface area contributed by atoms with E-state index in [9.17, 15) is 14.4 Å². The van der Waals surface area contributed by atoms with Gasteiger partial charge in [0.15, 0.2) is 0 Å². The summed E-state index contributed by atoms with van der Waals surface area (Å²) in [5.41, 5.74) is 1.21. The molecule has 0 aliphatic carbocycles. The number of nitrogens with zero attached hydrogens (tertiary/aromatic N) is 1. The van der Waals surface area contributed by atoms with Crippen LogP contribution in [0.3, 0.4) is 0 Å². The standard InChI is InChI=1S/C15H13N3O3S/c1-18-14(20)12(17-15(18)21)9-4-2-5-10(8-9)16-13(19)11-6-3-7-22-11/h2-8,12H,1H3,(H,16,19)(H,17,21). The fourth-order valence-corrected chi connectivity index (χ4v) is 2.82. The van der Waals surface area contributed by atoms with Gasteiger partial charge in [0.05, 0.1) is 4.88 Å². The second-order valence-corrected chi connectivity index (χ2v) is 5.78. The van der Waals surface area contributed by atoms with Crippen LogP contribution in [0.2, 0.25) is 0 Å². The molecule has 2 heterocycles. The number of imide groups is 1. The van der Waals surface area contributed by atoms with Crippen molar-refractivity contribution in [2.45, 2.75) is 6.04 Å². The number of likely N-dealkylation sites (N-methyl/N-ethyl adjacent to an activating group) is 1. The number of amides is 4. The summed E-state index contributed by atoms with van der Waals surface area (Å²) in [4.78, 5) is 37.2. The van der Waals surface area contributed by atoms with E-state index in [2.05, 4.69) is 10.6 Å². The molecule has 0 spiro atoms. The topological polar surface area (TPSA) is 78.5 Å². The smallest absolute Gasteiger partial charge is 0.322 e. The summed E-state index contributed by atoms with van der Waals surface area (Å²) in [7, 11) is 1.43. The first-order valence-corrected chi connectivity index (χ1v) is 7.47. The number of carbonyl (C=O) groups is 3. The van der Waals surface area contributed by atoms with Crippen molar-refractivity contribution >= 4 is 34.9 Å². The van der Waals surface area contributed by atoms with Gasteiger partial charge in [0, 0.05) is 12.7 Å². The summed E-state index contributed by atoms with van der Waals surface area (Å²) in [6, 6.07) is 9.30. The highest BCUT2D eigenvalue weighted by atomic mass is 32.1. The Labute approximate surface area is 130 Å². The van der Waals surface area contributed by atoms with Crippen LogP contribution in [-0.2, 0) is 4.79 Å². The van der Waals surface area contributed by atoms with Crippen molar-refractivity contribution in [3.05, 3.63) is 52.2 Å². The minimum absolute atomic E-state index is 0.203. The average molecular weight is 315 g/mol. The van der Waals surface area contributed by atoms with Gasteiger partial charge in [-0.2, -0.15) is 0 Å². The van der Waals surface area contributed by atoms with Gasteiger partial charge in [0.25, 0.3) is 11.8 Å². The van der Waals surface area contributed by atoms with E-state index in [4.69, 9.17) is 0 Å². The van der Waals surface area contributed by atoms with Crippen LogP contribution in [0, 0.1) is 0 Å². The number of thiophene rings is 1. The number of hydrogen-bond acceptors (Lipinski definition) is 4. The van der Waals surface area contributed by atoms with Crippen LogP contribution in [0.5, 0.6) is 0 Å². The van der Waals surface area contributed by atoms with E-state index in [1.54, 1.807) is 36.4 Å². The van der Waals surface area contributed by atoms with Crippen molar-refractivity contribution < 1.29 is 14.4 Å². The molecule has 4 amide bonds. The van der Waals surface area contributed by atoms with Crippen LogP contribution < -0.4 is 10.6 Å². The second-order valence-electron chi connectivity index (χ2n) is 4.84. The molecule has 112 valence electrons. The van der Waals surface area contributed by atoms with Gasteiger partial charge < -0.3 is 10.6 Å². The van der Waals surface area contributed by atoms with Crippen LogP contribution in [0.15, 0.2) is 41.8 Å². The molecule has 1 aliphatic heterocycles. The lowest BCUT2D eigenvalue weighted by molar-refractivity contribution is -0.126. The molecular formula is C15H13N3O3S. The largest absolute Gasteiger partial charge is 0.324 e. The quantitative estimate of drug-likeness (QED) is 0.853. The van der Waals surface area contributed by atoms with E-state index in [-0.39, 0.29) is 11.8 Å². The molecule has 1 saturated heterocycles. The molecular weight excluding hydrogens is 302 g/mol. The van der Waals surface area contributed by atoms with E-state index in [0.29, 0.717) is 16.1 Å². The minimum atomic E-state index is -0.712. The first kappa shape index (κ1) is 14.3. The number of nitrogens with one attached hydrogen (secondary N) is 2. The van der Waals surface area contributed by atoms with Crippen LogP contribution in [0.1, 0.15) is 21.3 Å². The number of rotatable bonds is 3. The maximum atomic E-state index is 12.0. The zero-order valence-corrected chi connectivity index (χ0v) is 12.5. The Hall–Kier alpha value is -2.67. The van der Waals surface area contributed by atoms with Crippen LogP contribution >= 0.6 is 11.3 Å². The Morgan fingerprint density at radius 1 is 1.27 bits per heavy atom. The number of anilines is 1. The zero-order valence-electron chi connectivity index (χ0n) is 11.7. The summed E-state index contributed by atoms with van der Waals surface area (Å²) >= 11 is 1.35. The van der Waals surface area contributed by atoms with Gasteiger partial charge in [-0.15, -0.1) is 11.3 Å². The van der Waals surface area contributed by atoms with E-state index in [0.717, 1.165) is 4.90 Å². The van der Waals surface area contributed by atoms with Gasteiger partial charge in [0.2, 0.25) is 0 Å². The normalized spacial score (nSPS) is 17.5. The molecule has 1 fully saturated rings. The molecule has 1 aromatic heterocycles. The van der Waals surface area contributed by atoms with Gasteiger partial charge in [-0.1, -0.05) is 18.2 Å². The first-order chi connectivity index (χ1) is 10.6. The Morgan fingerprint density at radius 3 is 2.73 bits per heavy atom. The third-order valence-electron chi connectivity index (χ3n) is 3.37. The maximum Gasteiger partial charge on any atom is 0.324 e. The van der Waals surface area contributed by atoms with Crippen molar-refractivity contribution in [2.24, 2.45) is 0 Å². The van der Waals surface area contributed by atoms with E-state index in [1.807, 2.05) is 5.38 Å². The molecule has 1 aromatic carbocycles. The highest BCUT2D eigenvalue weighted by molar-refractivity contribution is 7.12. The van der Waals surface area contributed by atoms with Gasteiger partial charge in [-0.3, -0.25) is 14.5 Å². The Kier molecular flexibility index (Phi) is 3.64. The van der Waals surface area contributed by atoms with E-state index < -0.39 is 12.1 Å². The number of benzene rings is 1. The minimum Gasteiger partial charge on any atom is -0.322 e. The van der Waals surface area contributed by atoms with Crippen molar-refractivity contribution in [2.75, 3.05) is 12.4 Å². The molecule has 2 N–H and O–H groups in total. The summed E-state index contributed by atoms with van der Waals surface area (Å²) in [6.45, 7) is 0. The molecule has 3 rings (SSSR count). The molecule has 0 radical (unpaired) electrons. The lowest BCUT2D eigenvalue weighted by atomic mass is 10.1. The predicted octanol–water partition coefficient (Wildman–Crippen LogP) is 2.22. The van der Waals surface area contributed by atoms with Crippen LogP contribution in [-0.4, -0.2) is 29.8 Å². The van der Waals surface area contributed by atoms with E-state index >= 15 is 0 Å². The van der Waals surface area contributed by atoms with Crippen LogP contribution in [0.25, 0.3) is 0 Å². The fraction of sp³-hybridized carbons (Fsp3) is 0.133. The molecule has 0 bridgehead atoms. The first-order valence-electron chi connectivity index (χ1n) is 6.59. The summed E-state index contributed by atoms with van der Waals surface area (Å²) in [5, 5.41) is 7.21. The van der Waals surface area contributed by atoms with Gasteiger partial charge >= 0.3 is 6.03 Å². The molecule has 0 saturated carbocycles. The summed E-state index contributed by atoms with van der Waals surface area (Å²) in [6.07, 6.45) is 0.